The van der Waals surface area contributed by atoms with Crippen LogP contribution in [0.1, 0.15) is 168 Å². The minimum atomic E-state index is -4.86. The smallest absolute Gasteiger partial charge is 0.462 e. The predicted octanol–water partition coefficient (Wildman–Crippen LogP) is 10.7. The molecule has 0 aromatic heterocycles. The number of hydrogen-bond donors (Lipinski definition) is 4. The fourth-order valence-corrected chi connectivity index (χ4v) is 6.56. The number of rotatable bonds is 40. The van der Waals surface area contributed by atoms with Crippen molar-refractivity contribution in [3.63, 3.8) is 0 Å². The van der Waals surface area contributed by atoms with Crippen LogP contribution in [-0.4, -0.2) is 70.4 Å². The van der Waals surface area contributed by atoms with E-state index in [2.05, 4.69) is 71.5 Å². The zero-order valence-electron chi connectivity index (χ0n) is 34.9. The minimum absolute atomic E-state index is 0.111. The molecule has 13 nitrogen and oxygen atoms in total. The molecule has 3 unspecified atom stereocenters. The molecule has 0 aliphatic heterocycles. The first-order chi connectivity index (χ1) is 27.4. The van der Waals surface area contributed by atoms with Crippen LogP contribution in [0.3, 0.4) is 0 Å². The lowest BCUT2D eigenvalue weighted by Gasteiger charge is -2.20. The molecular formula is C42H76O13P2. The third-order valence-corrected chi connectivity index (χ3v) is 10.1. The van der Waals surface area contributed by atoms with Gasteiger partial charge in [-0.1, -0.05) is 127 Å². The van der Waals surface area contributed by atoms with Crippen LogP contribution < -0.4 is 0 Å². The van der Waals surface area contributed by atoms with E-state index >= 15 is 0 Å². The van der Waals surface area contributed by atoms with E-state index in [0.717, 1.165) is 89.9 Å². The summed E-state index contributed by atoms with van der Waals surface area (Å²) in [4.78, 5) is 52.6. The second-order valence-corrected chi connectivity index (χ2v) is 16.9. The lowest BCUT2D eigenvalue weighted by atomic mass is 10.1. The first-order valence-electron chi connectivity index (χ1n) is 21.3. The monoisotopic (exact) mass is 850 g/mol. The summed E-state index contributed by atoms with van der Waals surface area (Å²) < 4.78 is 47.7. The van der Waals surface area contributed by atoms with Crippen molar-refractivity contribution in [1.29, 1.82) is 0 Å². The average molecular weight is 851 g/mol. The van der Waals surface area contributed by atoms with Gasteiger partial charge < -0.3 is 29.3 Å². The van der Waals surface area contributed by atoms with E-state index in [1.807, 2.05) is 0 Å². The quantitative estimate of drug-likeness (QED) is 0.0197. The molecule has 0 aliphatic carbocycles. The van der Waals surface area contributed by atoms with Crippen molar-refractivity contribution in [2.24, 2.45) is 0 Å². The molecule has 0 aliphatic rings. The van der Waals surface area contributed by atoms with Crippen molar-refractivity contribution < 1.29 is 61.6 Å². The lowest BCUT2D eigenvalue weighted by molar-refractivity contribution is -0.161. The Morgan fingerprint density at radius 3 is 1.39 bits per heavy atom. The highest BCUT2D eigenvalue weighted by atomic mass is 31.2. The normalized spacial score (nSPS) is 14.6. The zero-order chi connectivity index (χ0) is 42.3. The lowest BCUT2D eigenvalue weighted by Crippen LogP contribution is -2.30. The summed E-state index contributed by atoms with van der Waals surface area (Å²) in [7, 11) is -9.68. The Hall–Kier alpha value is -1.92. The highest BCUT2D eigenvalue weighted by Gasteiger charge is 2.28. The van der Waals surface area contributed by atoms with E-state index < -0.39 is 66.2 Å². The Balaban J connectivity index is 4.58. The summed E-state index contributed by atoms with van der Waals surface area (Å²) in [5.41, 5.74) is 0. The number of unbranched alkanes of at least 4 members (excludes halogenated alkanes) is 16. The second kappa shape index (κ2) is 38.3. The molecule has 0 spiro atoms. The summed E-state index contributed by atoms with van der Waals surface area (Å²) in [6, 6.07) is 0. The van der Waals surface area contributed by atoms with E-state index in [0.29, 0.717) is 12.8 Å². The molecule has 3 atom stereocenters. The number of ether oxygens (including phenoxy) is 2. The van der Waals surface area contributed by atoms with Crippen LogP contribution in [0.15, 0.2) is 48.6 Å². The van der Waals surface area contributed by atoms with Gasteiger partial charge in [-0.3, -0.25) is 23.2 Å². The van der Waals surface area contributed by atoms with Crippen molar-refractivity contribution in [3.05, 3.63) is 48.6 Å². The highest BCUT2D eigenvalue weighted by molar-refractivity contribution is 7.47. The van der Waals surface area contributed by atoms with Crippen LogP contribution in [0.2, 0.25) is 0 Å². The summed E-state index contributed by atoms with van der Waals surface area (Å²) in [6.45, 7) is 1.67. The first kappa shape index (κ1) is 55.1. The molecule has 4 N–H and O–H groups in total. The van der Waals surface area contributed by atoms with E-state index in [1.54, 1.807) is 0 Å². The van der Waals surface area contributed by atoms with Gasteiger partial charge in [-0.2, -0.15) is 0 Å². The van der Waals surface area contributed by atoms with Gasteiger partial charge in [0, 0.05) is 12.8 Å². The maximum Gasteiger partial charge on any atom is 0.472 e. The first-order valence-corrected chi connectivity index (χ1v) is 24.4. The number of phosphoric ester groups is 2. The molecule has 0 amide bonds. The molecule has 0 heterocycles. The fourth-order valence-electron chi connectivity index (χ4n) is 5.41. The molecule has 0 saturated heterocycles. The molecular weight excluding hydrogens is 774 g/mol. The van der Waals surface area contributed by atoms with Crippen LogP contribution >= 0.6 is 15.6 Å². The second-order valence-electron chi connectivity index (χ2n) is 14.3. The number of hydrogen-bond acceptors (Lipinski definition) is 10. The highest BCUT2D eigenvalue weighted by Crippen LogP contribution is 2.43. The number of aliphatic hydroxyl groups is 1. The van der Waals surface area contributed by atoms with Crippen molar-refractivity contribution in [2.45, 2.75) is 180 Å². The van der Waals surface area contributed by atoms with E-state index in [4.69, 9.17) is 23.8 Å². The van der Waals surface area contributed by atoms with Crippen LogP contribution in [0.25, 0.3) is 0 Å². The van der Waals surface area contributed by atoms with E-state index in [9.17, 15) is 28.7 Å². The van der Waals surface area contributed by atoms with E-state index in [-0.39, 0.29) is 12.8 Å². The summed E-state index contributed by atoms with van der Waals surface area (Å²) in [6.07, 6.45) is 38.1. The number of aliphatic hydroxyl groups excluding tert-OH is 1. The van der Waals surface area contributed by atoms with Crippen molar-refractivity contribution in [1.82, 2.24) is 0 Å². The van der Waals surface area contributed by atoms with Crippen molar-refractivity contribution >= 4 is 27.6 Å². The third-order valence-electron chi connectivity index (χ3n) is 8.68. The predicted molar refractivity (Wildman–Crippen MR) is 225 cm³/mol. The van der Waals surface area contributed by atoms with Crippen LogP contribution in [0.4, 0.5) is 0 Å². The number of carbonyl (C=O) groups is 2. The Labute approximate surface area is 343 Å². The van der Waals surface area contributed by atoms with Gasteiger partial charge in [0.05, 0.1) is 19.8 Å². The molecule has 0 fully saturated rings. The minimum Gasteiger partial charge on any atom is -0.462 e. The zero-order valence-corrected chi connectivity index (χ0v) is 36.7. The van der Waals surface area contributed by atoms with Crippen molar-refractivity contribution in [3.8, 4) is 0 Å². The fraction of sp³-hybridized carbons (Fsp3) is 0.762. The number of carbonyl (C=O) groups excluding carboxylic acids is 2. The van der Waals surface area contributed by atoms with Gasteiger partial charge in [0.25, 0.3) is 0 Å². The third kappa shape index (κ3) is 42.0. The van der Waals surface area contributed by atoms with Crippen LogP contribution in [0.5, 0.6) is 0 Å². The molecule has 332 valence electrons. The van der Waals surface area contributed by atoms with Crippen LogP contribution in [-0.2, 0) is 41.8 Å². The molecule has 0 aromatic rings. The molecule has 0 saturated carbocycles. The topological polar surface area (TPSA) is 195 Å². The Morgan fingerprint density at radius 1 is 0.509 bits per heavy atom. The maximum absolute atomic E-state index is 12.6. The summed E-state index contributed by atoms with van der Waals surface area (Å²) in [5, 5.41) is 9.74. The van der Waals surface area contributed by atoms with Gasteiger partial charge in [0.1, 0.15) is 12.7 Å². The Bertz CT molecular complexity index is 1200. The SMILES string of the molecule is CCCCCC=CCC=CCCCCCCCC(=O)OCC(COP(=O)(O)OCC(O)COP(=O)(O)O)OC(=O)CCCCCCCC=CCC=CCCCCC. The Morgan fingerprint density at radius 2 is 0.912 bits per heavy atom. The summed E-state index contributed by atoms with van der Waals surface area (Å²) in [5.74, 6) is -1.06. The number of esters is 2. The van der Waals surface area contributed by atoms with Gasteiger partial charge in [0.15, 0.2) is 6.10 Å². The molecule has 15 heteroatoms. The standard InChI is InChI=1S/C42H76O13P2/c1-3-5-7-9-11-13-15-17-19-21-23-25-27-29-31-33-41(44)51-37-40(38-54-57(49,50)53-36-39(43)35-52-56(46,47)48)55-42(45)34-32-30-28-26-24-22-20-18-16-14-12-10-8-6-4-2/h11-14,17-20,39-40,43H,3-10,15-16,21-38H2,1-2H3,(H,49,50)(H2,46,47,48). The number of phosphoric acid groups is 2. The van der Waals surface area contributed by atoms with Crippen LogP contribution in [0, 0.1) is 0 Å². The molecule has 0 bridgehead atoms. The van der Waals surface area contributed by atoms with Gasteiger partial charge in [-0.15, -0.1) is 0 Å². The van der Waals surface area contributed by atoms with Gasteiger partial charge in [-0.25, -0.2) is 9.13 Å². The van der Waals surface area contributed by atoms with Crippen molar-refractivity contribution in [2.75, 3.05) is 26.4 Å². The van der Waals surface area contributed by atoms with Gasteiger partial charge >= 0.3 is 27.6 Å². The average Bonchev–Trinajstić information content (AvgIpc) is 3.17. The molecule has 0 rings (SSSR count). The Kier molecular flexibility index (Phi) is 37.0. The maximum atomic E-state index is 12.6. The van der Waals surface area contributed by atoms with Gasteiger partial charge in [-0.05, 0) is 77.0 Å². The van der Waals surface area contributed by atoms with Gasteiger partial charge in [0.2, 0.25) is 0 Å². The summed E-state index contributed by atoms with van der Waals surface area (Å²) >= 11 is 0. The molecule has 57 heavy (non-hydrogen) atoms. The molecule has 0 aromatic carbocycles. The largest absolute Gasteiger partial charge is 0.472 e. The molecule has 0 radical (unpaired) electrons. The van der Waals surface area contributed by atoms with E-state index in [1.165, 1.54) is 38.5 Å². The number of allylic oxidation sites excluding steroid dienone is 8.